The van der Waals surface area contributed by atoms with Gasteiger partial charge in [0.2, 0.25) is 5.91 Å². The molecular weight excluding hydrogens is 404 g/mol. The van der Waals surface area contributed by atoms with E-state index < -0.39 is 5.60 Å². The summed E-state index contributed by atoms with van der Waals surface area (Å²) in [5.41, 5.74) is 4.99. The fraction of sp³-hybridized carbons (Fsp3) is 0.480. The Morgan fingerprint density at radius 1 is 1.06 bits per heavy atom. The molecule has 3 aliphatic rings. The highest BCUT2D eigenvalue weighted by molar-refractivity contribution is 5.96. The average Bonchev–Trinajstić information content (AvgIpc) is 2.75. The molecule has 0 spiro atoms. The number of nitrogens with zero attached hydrogens (tertiary/aromatic N) is 4. The summed E-state index contributed by atoms with van der Waals surface area (Å²) in [5.74, 6) is 0.165. The Hall–Kier alpha value is -3.09. The van der Waals surface area contributed by atoms with Crippen molar-refractivity contribution in [3.05, 3.63) is 42.2 Å². The first-order chi connectivity index (χ1) is 15.2. The summed E-state index contributed by atoms with van der Waals surface area (Å²) < 4.78 is 5.56. The zero-order valence-corrected chi connectivity index (χ0v) is 19.2. The fourth-order valence-electron chi connectivity index (χ4n) is 5.07. The quantitative estimate of drug-likeness (QED) is 0.718. The number of aromatic nitrogens is 1. The molecule has 2 amide bonds. The second-order valence-corrected chi connectivity index (χ2v) is 10.1. The molecule has 7 heteroatoms. The number of amides is 2. The molecule has 1 aromatic heterocycles. The maximum atomic E-state index is 12.5. The molecule has 0 N–H and O–H groups in total. The lowest BCUT2D eigenvalue weighted by molar-refractivity contribution is -0.118. The molecular formula is C25H30N4O3. The Labute approximate surface area is 189 Å². The highest BCUT2D eigenvalue weighted by Crippen LogP contribution is 2.39. The molecule has 7 nitrogen and oxygen atoms in total. The summed E-state index contributed by atoms with van der Waals surface area (Å²) in [6, 6.07) is 9.05. The van der Waals surface area contributed by atoms with Gasteiger partial charge in [-0.25, -0.2) is 4.79 Å². The third-order valence-electron chi connectivity index (χ3n) is 6.62. The van der Waals surface area contributed by atoms with E-state index in [-0.39, 0.29) is 12.0 Å². The van der Waals surface area contributed by atoms with E-state index in [9.17, 15) is 9.59 Å². The van der Waals surface area contributed by atoms with Crippen LogP contribution in [0.2, 0.25) is 0 Å². The van der Waals surface area contributed by atoms with Crippen molar-refractivity contribution in [3.8, 4) is 11.1 Å². The minimum absolute atomic E-state index is 0.165. The third-order valence-corrected chi connectivity index (χ3v) is 6.62. The van der Waals surface area contributed by atoms with Gasteiger partial charge < -0.3 is 19.4 Å². The number of pyridine rings is 1. The Morgan fingerprint density at radius 3 is 2.53 bits per heavy atom. The van der Waals surface area contributed by atoms with Crippen LogP contribution in [-0.4, -0.2) is 59.7 Å². The van der Waals surface area contributed by atoms with Gasteiger partial charge in [-0.2, -0.15) is 0 Å². The normalized spacial score (nSPS) is 22.4. The molecule has 32 heavy (non-hydrogen) atoms. The van der Waals surface area contributed by atoms with Crippen LogP contribution < -0.4 is 9.80 Å². The van der Waals surface area contributed by atoms with Crippen LogP contribution in [0.25, 0.3) is 11.1 Å². The molecule has 1 aromatic carbocycles. The van der Waals surface area contributed by atoms with E-state index >= 15 is 0 Å². The van der Waals surface area contributed by atoms with Gasteiger partial charge >= 0.3 is 6.09 Å². The minimum atomic E-state index is -0.479. The maximum Gasteiger partial charge on any atom is 0.410 e. The molecule has 2 saturated heterocycles. The lowest BCUT2D eigenvalue weighted by Crippen LogP contribution is -2.70. The van der Waals surface area contributed by atoms with Gasteiger partial charge in [0.05, 0.1) is 11.9 Å². The predicted octanol–water partition coefficient (Wildman–Crippen LogP) is 3.86. The molecule has 2 aromatic rings. The van der Waals surface area contributed by atoms with E-state index in [0.29, 0.717) is 31.6 Å². The van der Waals surface area contributed by atoms with Gasteiger partial charge in [0.25, 0.3) is 0 Å². The molecule has 2 bridgehead atoms. The van der Waals surface area contributed by atoms with Crippen molar-refractivity contribution < 1.29 is 14.3 Å². The van der Waals surface area contributed by atoms with Crippen LogP contribution in [0.1, 0.15) is 39.2 Å². The Morgan fingerprint density at radius 2 is 1.81 bits per heavy atom. The van der Waals surface area contributed by atoms with Crippen molar-refractivity contribution in [1.82, 2.24) is 9.88 Å². The smallest absolute Gasteiger partial charge is 0.410 e. The summed E-state index contributed by atoms with van der Waals surface area (Å²) >= 11 is 0. The van der Waals surface area contributed by atoms with Crippen LogP contribution in [0.15, 0.2) is 36.7 Å². The molecule has 168 valence electrons. The summed E-state index contributed by atoms with van der Waals surface area (Å²) in [6.45, 7) is 7.05. The lowest BCUT2D eigenvalue weighted by atomic mass is 9.86. The number of carbonyl (C=O) groups excluding carboxylic acids is 2. The molecule has 2 fully saturated rings. The Balaban J connectivity index is 1.33. The SMILES string of the molecule is CN1C(=O)CCc2cc(-c3cncc(N4C5CC4CN(C(=O)OC(C)(C)C)C5)c3)ccc21. The first kappa shape index (κ1) is 20.8. The number of piperidine rings is 1. The van der Waals surface area contributed by atoms with Crippen molar-refractivity contribution in [2.75, 3.05) is 29.9 Å². The number of aryl methyl sites for hydroxylation is 1. The van der Waals surface area contributed by atoms with E-state index in [2.05, 4.69) is 28.1 Å². The number of anilines is 2. The van der Waals surface area contributed by atoms with Crippen LogP contribution in [0.5, 0.6) is 0 Å². The minimum Gasteiger partial charge on any atom is -0.444 e. The number of ether oxygens (including phenoxy) is 1. The van der Waals surface area contributed by atoms with E-state index in [0.717, 1.165) is 35.3 Å². The topological polar surface area (TPSA) is 66.0 Å². The molecule has 0 radical (unpaired) electrons. The van der Waals surface area contributed by atoms with E-state index in [4.69, 9.17) is 4.74 Å². The number of carbonyl (C=O) groups is 2. The van der Waals surface area contributed by atoms with E-state index in [1.54, 1.807) is 4.90 Å². The number of benzene rings is 1. The van der Waals surface area contributed by atoms with E-state index in [1.807, 2.05) is 51.2 Å². The summed E-state index contributed by atoms with van der Waals surface area (Å²) in [7, 11) is 1.84. The standard InChI is InChI=1S/C25H30N4O3/c1-25(2,3)32-24(31)28-14-20-11-21(15-28)29(20)19-10-18(12-26-13-19)16-5-7-22-17(9-16)6-8-23(30)27(22)4/h5,7,9-10,12-13,20-21H,6,8,11,14-15H2,1-4H3. The number of hydrogen-bond acceptors (Lipinski definition) is 5. The maximum absolute atomic E-state index is 12.5. The van der Waals surface area contributed by atoms with Gasteiger partial charge in [0.15, 0.2) is 0 Å². The fourth-order valence-corrected chi connectivity index (χ4v) is 5.07. The largest absolute Gasteiger partial charge is 0.444 e. The molecule has 5 rings (SSSR count). The van der Waals surface area contributed by atoms with Crippen LogP contribution in [0.4, 0.5) is 16.2 Å². The molecule has 0 saturated carbocycles. The van der Waals surface area contributed by atoms with Crippen LogP contribution in [-0.2, 0) is 16.0 Å². The molecule has 4 heterocycles. The Bertz CT molecular complexity index is 1070. The van der Waals surface area contributed by atoms with Crippen LogP contribution in [0, 0.1) is 0 Å². The molecule has 0 aliphatic carbocycles. The van der Waals surface area contributed by atoms with Crippen molar-refractivity contribution >= 4 is 23.4 Å². The first-order valence-electron chi connectivity index (χ1n) is 11.3. The number of fused-ring (bicyclic) bond motifs is 3. The Kier molecular flexibility index (Phi) is 4.87. The summed E-state index contributed by atoms with van der Waals surface area (Å²) in [6.07, 6.45) is 5.99. The van der Waals surface area contributed by atoms with Crippen LogP contribution >= 0.6 is 0 Å². The zero-order valence-electron chi connectivity index (χ0n) is 19.2. The van der Waals surface area contributed by atoms with Gasteiger partial charge in [-0.15, -0.1) is 0 Å². The van der Waals surface area contributed by atoms with Gasteiger partial charge in [-0.1, -0.05) is 6.07 Å². The van der Waals surface area contributed by atoms with E-state index in [1.165, 1.54) is 5.56 Å². The highest BCUT2D eigenvalue weighted by Gasteiger charge is 2.47. The lowest BCUT2D eigenvalue weighted by Gasteiger charge is -2.57. The number of likely N-dealkylation sites (tertiary alicyclic amines) is 1. The van der Waals surface area contributed by atoms with Crippen molar-refractivity contribution in [3.63, 3.8) is 0 Å². The van der Waals surface area contributed by atoms with Gasteiger partial charge in [0.1, 0.15) is 5.60 Å². The number of piperazine rings is 1. The first-order valence-corrected chi connectivity index (χ1v) is 11.3. The monoisotopic (exact) mass is 434 g/mol. The highest BCUT2D eigenvalue weighted by atomic mass is 16.6. The van der Waals surface area contributed by atoms with Gasteiger partial charge in [-0.3, -0.25) is 9.78 Å². The third kappa shape index (κ3) is 3.70. The second kappa shape index (κ2) is 7.50. The van der Waals surface area contributed by atoms with Gasteiger partial charge in [-0.05, 0) is 62.9 Å². The predicted molar refractivity (Wildman–Crippen MR) is 124 cm³/mol. The molecule has 2 atom stereocenters. The summed E-state index contributed by atoms with van der Waals surface area (Å²) in [5, 5.41) is 0. The van der Waals surface area contributed by atoms with Crippen molar-refractivity contribution in [2.24, 2.45) is 0 Å². The number of rotatable bonds is 2. The van der Waals surface area contributed by atoms with Crippen LogP contribution in [0.3, 0.4) is 0 Å². The molecule has 3 aliphatic heterocycles. The van der Waals surface area contributed by atoms with Crippen molar-refractivity contribution in [2.45, 2.75) is 57.7 Å². The number of hydrogen-bond donors (Lipinski definition) is 0. The average molecular weight is 435 g/mol. The summed E-state index contributed by atoms with van der Waals surface area (Å²) in [4.78, 5) is 34.9. The second-order valence-electron chi connectivity index (χ2n) is 10.1. The van der Waals surface area contributed by atoms with Crippen molar-refractivity contribution in [1.29, 1.82) is 0 Å². The molecule has 2 unspecified atom stereocenters. The van der Waals surface area contributed by atoms with Gasteiger partial charge in [0, 0.05) is 56.1 Å². The zero-order chi connectivity index (χ0) is 22.6.